The summed E-state index contributed by atoms with van der Waals surface area (Å²) in [6.45, 7) is 0. The molecule has 0 aliphatic carbocycles. The molecule has 2 heteroatoms. The monoisotopic (exact) mass is 274 g/mol. The molecule has 0 saturated carbocycles. The van der Waals surface area contributed by atoms with Crippen molar-refractivity contribution in [2.45, 2.75) is 64.2 Å². The third kappa shape index (κ3) is 7.88. The van der Waals surface area contributed by atoms with E-state index in [9.17, 15) is 9.59 Å². The summed E-state index contributed by atoms with van der Waals surface area (Å²) in [4.78, 5) is 22.0. The largest absolute Gasteiger partial charge is 0.303 e. The molecule has 0 N–H and O–H groups in total. The summed E-state index contributed by atoms with van der Waals surface area (Å²) in [5, 5.41) is 0. The molecule has 0 unspecified atom stereocenters. The van der Waals surface area contributed by atoms with Crippen molar-refractivity contribution in [2.24, 2.45) is 0 Å². The first-order valence-corrected chi connectivity index (χ1v) is 7.86. The molecule has 0 bridgehead atoms. The fourth-order valence-electron chi connectivity index (χ4n) is 2.34. The predicted octanol–water partition coefficient (Wildman–Crippen LogP) is 4.97. The van der Waals surface area contributed by atoms with E-state index >= 15 is 0 Å². The van der Waals surface area contributed by atoms with Gasteiger partial charge in [0, 0.05) is 18.4 Å². The minimum absolute atomic E-state index is 0.263. The van der Waals surface area contributed by atoms with Crippen LogP contribution in [0.25, 0.3) is 0 Å². The van der Waals surface area contributed by atoms with Gasteiger partial charge in [-0.25, -0.2) is 0 Å². The van der Waals surface area contributed by atoms with E-state index in [0.29, 0.717) is 12.8 Å². The summed E-state index contributed by atoms with van der Waals surface area (Å²) < 4.78 is 0. The van der Waals surface area contributed by atoms with Gasteiger partial charge in [0.1, 0.15) is 6.29 Å². The molecule has 0 aromatic heterocycles. The number of carbonyl (C=O) groups excluding carboxylic acids is 2. The molecule has 20 heavy (non-hydrogen) atoms. The van der Waals surface area contributed by atoms with Crippen LogP contribution in [-0.4, -0.2) is 12.1 Å². The second kappa shape index (κ2) is 11.4. The van der Waals surface area contributed by atoms with Crippen LogP contribution >= 0.6 is 0 Å². The molecule has 0 aliphatic rings. The predicted molar refractivity (Wildman–Crippen MR) is 83.0 cm³/mol. The normalized spacial score (nSPS) is 10.4. The number of hydrogen-bond acceptors (Lipinski definition) is 2. The van der Waals surface area contributed by atoms with Gasteiger partial charge in [-0.15, -0.1) is 0 Å². The average Bonchev–Trinajstić information content (AvgIpc) is 2.50. The Kier molecular flexibility index (Phi) is 9.46. The lowest BCUT2D eigenvalue weighted by Gasteiger charge is -2.02. The topological polar surface area (TPSA) is 34.1 Å². The van der Waals surface area contributed by atoms with Gasteiger partial charge in [0.15, 0.2) is 5.78 Å². The Morgan fingerprint density at radius 2 is 1.35 bits per heavy atom. The number of ketones is 1. The molecule has 0 radical (unpaired) electrons. The highest BCUT2D eigenvalue weighted by Gasteiger charge is 2.03. The van der Waals surface area contributed by atoms with Crippen LogP contribution < -0.4 is 0 Å². The molecule has 0 aliphatic heterocycles. The number of hydrogen-bond donors (Lipinski definition) is 0. The van der Waals surface area contributed by atoms with E-state index in [0.717, 1.165) is 31.1 Å². The third-order valence-electron chi connectivity index (χ3n) is 3.57. The summed E-state index contributed by atoms with van der Waals surface area (Å²) in [6, 6.07) is 9.55. The van der Waals surface area contributed by atoms with Crippen molar-refractivity contribution >= 4 is 12.1 Å². The van der Waals surface area contributed by atoms with Crippen LogP contribution in [0.15, 0.2) is 30.3 Å². The van der Waals surface area contributed by atoms with E-state index in [1.807, 2.05) is 30.3 Å². The van der Waals surface area contributed by atoms with E-state index in [2.05, 4.69) is 0 Å². The molecule has 1 aromatic carbocycles. The van der Waals surface area contributed by atoms with Crippen molar-refractivity contribution in [3.05, 3.63) is 35.9 Å². The third-order valence-corrected chi connectivity index (χ3v) is 3.57. The maximum Gasteiger partial charge on any atom is 0.162 e. The maximum absolute atomic E-state index is 11.9. The van der Waals surface area contributed by atoms with Crippen LogP contribution in [0.1, 0.15) is 74.6 Å². The highest BCUT2D eigenvalue weighted by molar-refractivity contribution is 5.95. The van der Waals surface area contributed by atoms with Crippen LogP contribution in [0.4, 0.5) is 0 Å². The second-order valence-electron chi connectivity index (χ2n) is 5.32. The van der Waals surface area contributed by atoms with E-state index in [-0.39, 0.29) is 5.78 Å². The molecule has 1 rings (SSSR count). The van der Waals surface area contributed by atoms with Gasteiger partial charge in [-0.3, -0.25) is 4.79 Å². The van der Waals surface area contributed by atoms with Gasteiger partial charge in [0.05, 0.1) is 0 Å². The molecule has 0 fully saturated rings. The Bertz CT molecular complexity index is 370. The molecule has 0 heterocycles. The Labute approximate surface area is 122 Å². The lowest BCUT2D eigenvalue weighted by molar-refractivity contribution is -0.107. The van der Waals surface area contributed by atoms with Crippen molar-refractivity contribution in [1.82, 2.24) is 0 Å². The zero-order valence-electron chi connectivity index (χ0n) is 12.4. The van der Waals surface area contributed by atoms with E-state index < -0.39 is 0 Å². The van der Waals surface area contributed by atoms with Crippen molar-refractivity contribution in [1.29, 1.82) is 0 Å². The summed E-state index contributed by atoms with van der Waals surface area (Å²) in [5.74, 6) is 0.263. The Hall–Kier alpha value is -1.44. The van der Waals surface area contributed by atoms with Crippen LogP contribution in [-0.2, 0) is 4.79 Å². The van der Waals surface area contributed by atoms with Crippen molar-refractivity contribution in [2.75, 3.05) is 0 Å². The molecule has 0 amide bonds. The molecule has 2 nitrogen and oxygen atoms in total. The van der Waals surface area contributed by atoms with Crippen molar-refractivity contribution in [3.63, 3.8) is 0 Å². The van der Waals surface area contributed by atoms with Crippen molar-refractivity contribution in [3.8, 4) is 0 Å². The summed E-state index contributed by atoms with van der Waals surface area (Å²) in [7, 11) is 0. The molecule has 0 saturated heterocycles. The smallest absolute Gasteiger partial charge is 0.162 e. The summed E-state index contributed by atoms with van der Waals surface area (Å²) in [6.07, 6.45) is 11.7. The Morgan fingerprint density at radius 1 is 0.800 bits per heavy atom. The Balaban J connectivity index is 1.92. The standard InChI is InChI=1S/C18H26O2/c19-16-12-7-5-3-1-2-4-6-11-15-18(20)17-13-9-8-10-14-17/h8-10,13-14,16H,1-7,11-12,15H2. The number of aldehydes is 1. The van der Waals surface area contributed by atoms with Gasteiger partial charge in [-0.1, -0.05) is 68.9 Å². The van der Waals surface area contributed by atoms with Gasteiger partial charge in [-0.2, -0.15) is 0 Å². The average molecular weight is 274 g/mol. The summed E-state index contributed by atoms with van der Waals surface area (Å²) >= 11 is 0. The second-order valence-corrected chi connectivity index (χ2v) is 5.32. The van der Waals surface area contributed by atoms with E-state index in [1.54, 1.807) is 0 Å². The van der Waals surface area contributed by atoms with Gasteiger partial charge in [-0.05, 0) is 12.8 Å². The van der Waals surface area contributed by atoms with Crippen LogP contribution in [0.2, 0.25) is 0 Å². The Morgan fingerprint density at radius 3 is 1.95 bits per heavy atom. The highest BCUT2D eigenvalue weighted by atomic mass is 16.1. The maximum atomic E-state index is 11.9. The molecule has 0 spiro atoms. The molecular weight excluding hydrogens is 248 g/mol. The fourth-order valence-corrected chi connectivity index (χ4v) is 2.34. The number of Topliss-reactive ketones (excluding diaryl/α,β-unsaturated/α-hetero) is 1. The highest BCUT2D eigenvalue weighted by Crippen LogP contribution is 2.12. The van der Waals surface area contributed by atoms with Crippen LogP contribution in [0.3, 0.4) is 0 Å². The zero-order valence-corrected chi connectivity index (χ0v) is 12.4. The quantitative estimate of drug-likeness (QED) is 0.306. The molecule has 110 valence electrons. The number of unbranched alkanes of at least 4 members (excludes halogenated alkanes) is 8. The lowest BCUT2D eigenvalue weighted by Crippen LogP contribution is -1.98. The number of carbonyl (C=O) groups is 2. The van der Waals surface area contributed by atoms with Crippen LogP contribution in [0.5, 0.6) is 0 Å². The number of benzene rings is 1. The van der Waals surface area contributed by atoms with Crippen molar-refractivity contribution < 1.29 is 9.59 Å². The van der Waals surface area contributed by atoms with E-state index in [1.165, 1.54) is 32.1 Å². The van der Waals surface area contributed by atoms with Crippen LogP contribution in [0, 0.1) is 0 Å². The van der Waals surface area contributed by atoms with E-state index in [4.69, 9.17) is 0 Å². The molecule has 1 aromatic rings. The number of rotatable bonds is 12. The SMILES string of the molecule is O=CCCCCCCCCCCC(=O)c1ccccc1. The zero-order chi connectivity index (χ0) is 14.5. The first kappa shape index (κ1) is 16.6. The fraction of sp³-hybridized carbons (Fsp3) is 0.556. The minimum Gasteiger partial charge on any atom is -0.303 e. The lowest BCUT2D eigenvalue weighted by atomic mass is 10.0. The molecule has 0 atom stereocenters. The van der Waals surface area contributed by atoms with Gasteiger partial charge in [0.25, 0.3) is 0 Å². The molecular formula is C18H26O2. The van der Waals surface area contributed by atoms with Gasteiger partial charge >= 0.3 is 0 Å². The van der Waals surface area contributed by atoms with Gasteiger partial charge < -0.3 is 4.79 Å². The first-order chi connectivity index (χ1) is 9.84. The van der Waals surface area contributed by atoms with Gasteiger partial charge in [0.2, 0.25) is 0 Å². The first-order valence-electron chi connectivity index (χ1n) is 7.86. The summed E-state index contributed by atoms with van der Waals surface area (Å²) in [5.41, 5.74) is 0.836. The minimum atomic E-state index is 0.263.